The van der Waals surface area contributed by atoms with Crippen LogP contribution in [0.1, 0.15) is 12.5 Å². The molecule has 0 radical (unpaired) electrons. The third kappa shape index (κ3) is 4.72. The number of nitrogens with one attached hydrogen (secondary N) is 1. The number of ether oxygens (including phenoxy) is 1. The number of likely N-dealkylation sites (N-methyl/N-ethyl adjacent to an activating group) is 1. The SMILES string of the molecule is CCN(CCO)C(=O)Nc1ccccc1Oc1ccc(C)cc1. The van der Waals surface area contributed by atoms with E-state index in [-0.39, 0.29) is 12.6 Å². The van der Waals surface area contributed by atoms with Crippen LogP contribution in [-0.2, 0) is 0 Å². The molecule has 122 valence electrons. The molecule has 0 aliphatic heterocycles. The summed E-state index contributed by atoms with van der Waals surface area (Å²) in [5.74, 6) is 1.28. The van der Waals surface area contributed by atoms with Gasteiger partial charge < -0.3 is 20.1 Å². The fourth-order valence-electron chi connectivity index (χ4n) is 2.11. The van der Waals surface area contributed by atoms with Gasteiger partial charge in [0.05, 0.1) is 12.3 Å². The van der Waals surface area contributed by atoms with E-state index in [1.807, 2.05) is 50.2 Å². The minimum absolute atomic E-state index is 0.0667. The number of aliphatic hydroxyl groups is 1. The second-order valence-corrected chi connectivity index (χ2v) is 5.14. The van der Waals surface area contributed by atoms with Crippen LogP contribution in [0.15, 0.2) is 48.5 Å². The Morgan fingerprint density at radius 1 is 1.17 bits per heavy atom. The van der Waals surface area contributed by atoms with Crippen molar-refractivity contribution in [2.45, 2.75) is 13.8 Å². The van der Waals surface area contributed by atoms with Gasteiger partial charge in [-0.25, -0.2) is 4.79 Å². The first-order valence-corrected chi connectivity index (χ1v) is 7.64. The van der Waals surface area contributed by atoms with Crippen molar-refractivity contribution >= 4 is 11.7 Å². The lowest BCUT2D eigenvalue weighted by Gasteiger charge is -2.21. The zero-order valence-corrected chi connectivity index (χ0v) is 13.5. The van der Waals surface area contributed by atoms with Gasteiger partial charge >= 0.3 is 6.03 Å². The number of aryl methyl sites for hydroxylation is 1. The van der Waals surface area contributed by atoms with Crippen molar-refractivity contribution in [3.05, 3.63) is 54.1 Å². The molecule has 0 spiro atoms. The Morgan fingerprint density at radius 3 is 2.52 bits per heavy atom. The van der Waals surface area contributed by atoms with Crippen LogP contribution in [0.3, 0.4) is 0 Å². The Bertz CT molecular complexity index is 641. The lowest BCUT2D eigenvalue weighted by atomic mass is 10.2. The highest BCUT2D eigenvalue weighted by atomic mass is 16.5. The monoisotopic (exact) mass is 314 g/mol. The molecule has 0 saturated heterocycles. The zero-order chi connectivity index (χ0) is 16.7. The van der Waals surface area contributed by atoms with Crippen molar-refractivity contribution in [1.29, 1.82) is 0 Å². The standard InChI is InChI=1S/C18H22N2O3/c1-3-20(12-13-21)18(22)19-16-6-4-5-7-17(16)23-15-10-8-14(2)9-11-15/h4-11,21H,3,12-13H2,1-2H3,(H,19,22). The molecule has 23 heavy (non-hydrogen) atoms. The number of benzene rings is 2. The maximum absolute atomic E-state index is 12.2. The molecule has 0 aromatic heterocycles. The highest BCUT2D eigenvalue weighted by Gasteiger charge is 2.13. The molecule has 0 bridgehead atoms. The summed E-state index contributed by atoms with van der Waals surface area (Å²) < 4.78 is 5.86. The number of para-hydroxylation sites is 2. The molecule has 0 saturated carbocycles. The second kappa shape index (κ2) is 8.19. The van der Waals surface area contributed by atoms with Gasteiger partial charge in [0.2, 0.25) is 0 Å². The quantitative estimate of drug-likeness (QED) is 0.856. The number of nitrogens with zero attached hydrogens (tertiary/aromatic N) is 1. The predicted octanol–water partition coefficient (Wildman–Crippen LogP) is 3.63. The van der Waals surface area contributed by atoms with Crippen molar-refractivity contribution in [1.82, 2.24) is 4.90 Å². The Labute approximate surface area is 136 Å². The Kier molecular flexibility index (Phi) is 6.00. The summed E-state index contributed by atoms with van der Waals surface area (Å²) in [5, 5.41) is 11.8. The molecule has 2 rings (SSSR count). The van der Waals surface area contributed by atoms with Gasteiger partial charge in [0, 0.05) is 13.1 Å². The molecule has 2 N–H and O–H groups in total. The van der Waals surface area contributed by atoms with Crippen LogP contribution in [0.4, 0.5) is 10.5 Å². The van der Waals surface area contributed by atoms with Crippen molar-refractivity contribution in [3.63, 3.8) is 0 Å². The molecule has 0 unspecified atom stereocenters. The Morgan fingerprint density at radius 2 is 1.87 bits per heavy atom. The first-order chi connectivity index (χ1) is 11.1. The van der Waals surface area contributed by atoms with Gasteiger partial charge in [-0.1, -0.05) is 29.8 Å². The van der Waals surface area contributed by atoms with Crippen molar-refractivity contribution in [2.75, 3.05) is 25.0 Å². The minimum atomic E-state index is -0.262. The van der Waals surface area contributed by atoms with E-state index in [4.69, 9.17) is 9.84 Å². The van der Waals surface area contributed by atoms with Crippen LogP contribution in [0.25, 0.3) is 0 Å². The van der Waals surface area contributed by atoms with Gasteiger partial charge in [-0.3, -0.25) is 0 Å². The fraction of sp³-hybridized carbons (Fsp3) is 0.278. The van der Waals surface area contributed by atoms with E-state index in [1.54, 1.807) is 12.1 Å². The molecular formula is C18H22N2O3. The smallest absolute Gasteiger partial charge is 0.322 e. The van der Waals surface area contributed by atoms with Crippen LogP contribution >= 0.6 is 0 Å². The second-order valence-electron chi connectivity index (χ2n) is 5.14. The van der Waals surface area contributed by atoms with Crippen LogP contribution in [0.2, 0.25) is 0 Å². The Hall–Kier alpha value is -2.53. The average Bonchev–Trinajstić information content (AvgIpc) is 2.56. The van der Waals surface area contributed by atoms with Crippen LogP contribution in [0.5, 0.6) is 11.5 Å². The van der Waals surface area contributed by atoms with Crippen LogP contribution in [-0.4, -0.2) is 35.7 Å². The first kappa shape index (κ1) is 16.8. The third-order valence-electron chi connectivity index (χ3n) is 3.42. The topological polar surface area (TPSA) is 61.8 Å². The summed E-state index contributed by atoms with van der Waals surface area (Å²) in [7, 11) is 0. The molecule has 2 aromatic carbocycles. The predicted molar refractivity (Wildman–Crippen MR) is 91.0 cm³/mol. The molecule has 0 heterocycles. The molecule has 0 aliphatic rings. The van der Waals surface area contributed by atoms with E-state index < -0.39 is 0 Å². The van der Waals surface area contributed by atoms with Crippen molar-refractivity contribution in [3.8, 4) is 11.5 Å². The molecule has 0 atom stereocenters. The molecule has 5 nitrogen and oxygen atoms in total. The normalized spacial score (nSPS) is 10.2. The molecular weight excluding hydrogens is 292 g/mol. The van der Waals surface area contributed by atoms with Gasteiger partial charge in [-0.15, -0.1) is 0 Å². The van der Waals surface area contributed by atoms with E-state index in [0.29, 0.717) is 30.3 Å². The minimum Gasteiger partial charge on any atom is -0.455 e. The number of hydrogen-bond donors (Lipinski definition) is 2. The summed E-state index contributed by atoms with van der Waals surface area (Å²) in [6.07, 6.45) is 0. The first-order valence-electron chi connectivity index (χ1n) is 7.64. The number of rotatable bonds is 6. The lowest BCUT2D eigenvalue weighted by molar-refractivity contribution is 0.192. The van der Waals surface area contributed by atoms with E-state index >= 15 is 0 Å². The van der Waals surface area contributed by atoms with Gasteiger partial charge in [0.1, 0.15) is 5.75 Å². The van der Waals surface area contributed by atoms with Gasteiger partial charge in [0.25, 0.3) is 0 Å². The molecule has 2 amide bonds. The van der Waals surface area contributed by atoms with E-state index in [2.05, 4.69) is 5.32 Å². The number of hydrogen-bond acceptors (Lipinski definition) is 3. The van der Waals surface area contributed by atoms with Gasteiger partial charge in [-0.05, 0) is 38.1 Å². The lowest BCUT2D eigenvalue weighted by Crippen LogP contribution is -2.36. The summed E-state index contributed by atoms with van der Waals surface area (Å²) in [6.45, 7) is 4.63. The van der Waals surface area contributed by atoms with Crippen LogP contribution in [0, 0.1) is 6.92 Å². The zero-order valence-electron chi connectivity index (χ0n) is 13.5. The van der Waals surface area contributed by atoms with E-state index in [1.165, 1.54) is 4.90 Å². The molecule has 5 heteroatoms. The van der Waals surface area contributed by atoms with Crippen molar-refractivity contribution in [2.24, 2.45) is 0 Å². The Balaban J connectivity index is 2.13. The maximum atomic E-state index is 12.2. The number of aliphatic hydroxyl groups excluding tert-OH is 1. The van der Waals surface area contributed by atoms with Gasteiger partial charge in [-0.2, -0.15) is 0 Å². The number of urea groups is 1. The molecule has 0 fully saturated rings. The van der Waals surface area contributed by atoms with Crippen molar-refractivity contribution < 1.29 is 14.6 Å². The summed E-state index contributed by atoms with van der Waals surface area (Å²) in [4.78, 5) is 13.8. The largest absolute Gasteiger partial charge is 0.455 e. The number of carbonyl (C=O) groups is 1. The summed E-state index contributed by atoms with van der Waals surface area (Å²) in [6, 6.07) is 14.7. The highest BCUT2D eigenvalue weighted by molar-refractivity contribution is 5.91. The van der Waals surface area contributed by atoms with E-state index in [9.17, 15) is 4.79 Å². The van der Waals surface area contributed by atoms with Gasteiger partial charge in [0.15, 0.2) is 5.75 Å². The number of amides is 2. The fourth-order valence-corrected chi connectivity index (χ4v) is 2.11. The number of carbonyl (C=O) groups excluding carboxylic acids is 1. The molecule has 2 aromatic rings. The molecule has 0 aliphatic carbocycles. The summed E-state index contributed by atoms with van der Waals surface area (Å²) in [5.41, 5.74) is 1.75. The third-order valence-corrected chi connectivity index (χ3v) is 3.42. The summed E-state index contributed by atoms with van der Waals surface area (Å²) >= 11 is 0. The highest BCUT2D eigenvalue weighted by Crippen LogP contribution is 2.29. The van der Waals surface area contributed by atoms with Crippen LogP contribution < -0.4 is 10.1 Å². The number of anilines is 1. The maximum Gasteiger partial charge on any atom is 0.322 e. The van der Waals surface area contributed by atoms with E-state index in [0.717, 1.165) is 5.56 Å². The average molecular weight is 314 g/mol.